The molecule has 0 spiro atoms. The van der Waals surface area contributed by atoms with Crippen LogP contribution in [0.5, 0.6) is 0 Å². The maximum Gasteiger partial charge on any atom is 0.164 e. The summed E-state index contributed by atoms with van der Waals surface area (Å²) in [6, 6.07) is 75.1. The Labute approximate surface area is 372 Å². The van der Waals surface area contributed by atoms with Crippen LogP contribution in [0.2, 0.25) is 0 Å². The standard InChI is InChI=1S/C58H35N5S/c1-3-11-36(12-4-1)38-19-25-41(26-20-38)55-60-56(42-27-21-39(22-28-42)37-13-5-2-6-14-37)62-57(61-55)43-29-23-40(24-30-43)51-35-49-48-31-44-15-7-10-18-47(44)34-53(48)64-54(49)58-59-50-32-45-16-8-9-17-46(45)33-52(50)63(51)58/h1-35H. The number of imidazole rings is 1. The van der Waals surface area contributed by atoms with Gasteiger partial charge in [-0.25, -0.2) is 19.9 Å². The topological polar surface area (TPSA) is 56.0 Å². The molecular weight excluding hydrogens is 799 g/mol. The smallest absolute Gasteiger partial charge is 0.164 e. The van der Waals surface area contributed by atoms with Gasteiger partial charge in [0.15, 0.2) is 23.1 Å². The number of pyridine rings is 1. The molecule has 4 aromatic heterocycles. The van der Waals surface area contributed by atoms with Gasteiger partial charge in [0.25, 0.3) is 0 Å². The van der Waals surface area contributed by atoms with Gasteiger partial charge in [-0.05, 0) is 79.7 Å². The van der Waals surface area contributed by atoms with E-state index >= 15 is 0 Å². The Hall–Kier alpha value is -8.32. The van der Waals surface area contributed by atoms with Gasteiger partial charge in [0.1, 0.15) is 0 Å². The Morgan fingerprint density at radius 2 is 0.750 bits per heavy atom. The molecule has 0 aliphatic carbocycles. The monoisotopic (exact) mass is 833 g/mol. The molecule has 0 saturated carbocycles. The second-order valence-electron chi connectivity index (χ2n) is 16.3. The summed E-state index contributed by atoms with van der Waals surface area (Å²) >= 11 is 1.82. The van der Waals surface area contributed by atoms with E-state index in [0.717, 1.165) is 55.8 Å². The summed E-state index contributed by atoms with van der Waals surface area (Å²) in [5, 5.41) is 7.29. The molecule has 0 unspecified atom stereocenters. The first kappa shape index (κ1) is 36.3. The summed E-state index contributed by atoms with van der Waals surface area (Å²) in [7, 11) is 0. The second kappa shape index (κ2) is 14.7. The zero-order chi connectivity index (χ0) is 42.1. The van der Waals surface area contributed by atoms with Crippen LogP contribution >= 0.6 is 11.3 Å². The van der Waals surface area contributed by atoms with Crippen molar-refractivity contribution < 1.29 is 0 Å². The molecule has 6 heteroatoms. The Morgan fingerprint density at radius 1 is 0.328 bits per heavy atom. The van der Waals surface area contributed by atoms with Crippen LogP contribution in [-0.2, 0) is 0 Å². The average molecular weight is 834 g/mol. The van der Waals surface area contributed by atoms with Gasteiger partial charge in [0.05, 0.1) is 21.4 Å². The first-order valence-corrected chi connectivity index (χ1v) is 22.3. The fraction of sp³-hybridized carbons (Fsp3) is 0. The molecule has 5 nitrogen and oxygen atoms in total. The van der Waals surface area contributed by atoms with Crippen molar-refractivity contribution in [1.29, 1.82) is 0 Å². The average Bonchev–Trinajstić information content (AvgIpc) is 3.92. The molecule has 0 N–H and O–H groups in total. The summed E-state index contributed by atoms with van der Waals surface area (Å²) in [5.41, 5.74) is 12.5. The largest absolute Gasteiger partial charge is 0.291 e. The third-order valence-corrected chi connectivity index (χ3v) is 13.6. The van der Waals surface area contributed by atoms with Gasteiger partial charge in [0.2, 0.25) is 0 Å². The maximum atomic E-state index is 5.38. The summed E-state index contributed by atoms with van der Waals surface area (Å²) in [6.45, 7) is 0. The van der Waals surface area contributed by atoms with Crippen LogP contribution < -0.4 is 0 Å². The number of fused-ring (bicyclic) bond motifs is 9. The van der Waals surface area contributed by atoms with E-state index in [0.29, 0.717) is 17.5 Å². The first-order chi connectivity index (χ1) is 31.7. The lowest BCUT2D eigenvalue weighted by Gasteiger charge is -2.12. The molecule has 13 rings (SSSR count). The van der Waals surface area contributed by atoms with Gasteiger partial charge in [0, 0.05) is 32.2 Å². The van der Waals surface area contributed by atoms with E-state index in [9.17, 15) is 0 Å². The lowest BCUT2D eigenvalue weighted by atomic mass is 10.0. The maximum absolute atomic E-state index is 5.38. The van der Waals surface area contributed by atoms with E-state index < -0.39 is 0 Å². The zero-order valence-corrected chi connectivity index (χ0v) is 35.2. The highest BCUT2D eigenvalue weighted by molar-refractivity contribution is 7.26. The minimum atomic E-state index is 0.613. The van der Waals surface area contributed by atoms with Gasteiger partial charge in [-0.2, -0.15) is 0 Å². The minimum Gasteiger partial charge on any atom is -0.291 e. The minimum absolute atomic E-state index is 0.613. The number of benzene rings is 9. The molecule has 0 fully saturated rings. The van der Waals surface area contributed by atoms with Gasteiger partial charge in [-0.3, -0.25) is 4.40 Å². The lowest BCUT2D eigenvalue weighted by Crippen LogP contribution is -2.00. The Morgan fingerprint density at radius 3 is 1.28 bits per heavy atom. The van der Waals surface area contributed by atoms with E-state index in [1.165, 1.54) is 52.8 Å². The molecule has 0 radical (unpaired) electrons. The third kappa shape index (κ3) is 6.15. The summed E-state index contributed by atoms with van der Waals surface area (Å²) in [4.78, 5) is 20.7. The number of rotatable bonds is 6. The van der Waals surface area contributed by atoms with Crippen LogP contribution in [0.15, 0.2) is 212 Å². The molecular formula is C58H35N5S. The Balaban J connectivity index is 0.965. The van der Waals surface area contributed by atoms with Gasteiger partial charge < -0.3 is 0 Å². The van der Waals surface area contributed by atoms with E-state index in [4.69, 9.17) is 19.9 Å². The molecule has 0 amide bonds. The van der Waals surface area contributed by atoms with Crippen molar-refractivity contribution in [3.63, 3.8) is 0 Å². The number of hydrogen-bond donors (Lipinski definition) is 0. The number of nitrogens with zero attached hydrogens (tertiary/aromatic N) is 5. The SMILES string of the molecule is c1ccc(-c2ccc(-c3nc(-c4ccc(-c5ccccc5)cc4)nc(-c4ccc(-c5cc6c7cc8ccccc8cc7sc6c6nc7cc8ccccc8cc7n56)cc4)n3)cc2)cc1. The Kier molecular flexibility index (Phi) is 8.32. The van der Waals surface area contributed by atoms with Crippen LogP contribution in [0.1, 0.15) is 0 Å². The van der Waals surface area contributed by atoms with Gasteiger partial charge in [-0.1, -0.05) is 182 Å². The van der Waals surface area contributed by atoms with Crippen molar-refractivity contribution in [2.75, 3.05) is 0 Å². The van der Waals surface area contributed by atoms with E-state index in [-0.39, 0.29) is 0 Å². The van der Waals surface area contributed by atoms with E-state index in [1.807, 2.05) is 23.5 Å². The molecule has 9 aromatic carbocycles. The van der Waals surface area contributed by atoms with Crippen molar-refractivity contribution >= 4 is 69.7 Å². The third-order valence-electron chi connectivity index (χ3n) is 12.4. The van der Waals surface area contributed by atoms with Crippen molar-refractivity contribution in [2.24, 2.45) is 0 Å². The van der Waals surface area contributed by atoms with Crippen molar-refractivity contribution in [2.45, 2.75) is 0 Å². The first-order valence-electron chi connectivity index (χ1n) is 21.4. The normalized spacial score (nSPS) is 11.8. The lowest BCUT2D eigenvalue weighted by molar-refractivity contribution is 1.07. The van der Waals surface area contributed by atoms with Crippen LogP contribution in [0, 0.1) is 0 Å². The van der Waals surface area contributed by atoms with Crippen LogP contribution in [0.3, 0.4) is 0 Å². The molecule has 0 aliphatic heterocycles. The van der Waals surface area contributed by atoms with Crippen LogP contribution in [0.25, 0.3) is 126 Å². The van der Waals surface area contributed by atoms with Crippen molar-refractivity contribution in [3.8, 4) is 67.7 Å². The zero-order valence-electron chi connectivity index (χ0n) is 34.4. The molecule has 0 atom stereocenters. The number of thiophene rings is 1. The summed E-state index contributed by atoms with van der Waals surface area (Å²) < 4.78 is 4.79. The van der Waals surface area contributed by atoms with Crippen LogP contribution in [-0.4, -0.2) is 24.3 Å². The predicted octanol–water partition coefficient (Wildman–Crippen LogP) is 15.3. The quantitative estimate of drug-likeness (QED) is 0.167. The van der Waals surface area contributed by atoms with E-state index in [1.54, 1.807) is 0 Å². The highest BCUT2D eigenvalue weighted by Gasteiger charge is 2.20. The number of hydrogen-bond acceptors (Lipinski definition) is 5. The van der Waals surface area contributed by atoms with E-state index in [2.05, 4.69) is 205 Å². The molecule has 0 saturated heterocycles. The van der Waals surface area contributed by atoms with Crippen molar-refractivity contribution in [3.05, 3.63) is 212 Å². The van der Waals surface area contributed by atoms with Gasteiger partial charge in [-0.15, -0.1) is 11.3 Å². The van der Waals surface area contributed by atoms with Crippen LogP contribution in [0.4, 0.5) is 0 Å². The highest BCUT2D eigenvalue weighted by atomic mass is 32.1. The fourth-order valence-corrected chi connectivity index (χ4v) is 10.3. The molecule has 0 aliphatic rings. The molecule has 0 bridgehead atoms. The summed E-state index contributed by atoms with van der Waals surface area (Å²) in [5.74, 6) is 1.86. The second-order valence-corrected chi connectivity index (χ2v) is 17.4. The number of aromatic nitrogens is 5. The van der Waals surface area contributed by atoms with Crippen molar-refractivity contribution in [1.82, 2.24) is 24.3 Å². The molecule has 13 aromatic rings. The summed E-state index contributed by atoms with van der Waals surface area (Å²) in [6.07, 6.45) is 0. The predicted molar refractivity (Wildman–Crippen MR) is 267 cm³/mol. The molecule has 4 heterocycles. The molecule has 64 heavy (non-hydrogen) atoms. The Bertz CT molecular complexity index is 3810. The highest BCUT2D eigenvalue weighted by Crippen LogP contribution is 2.43. The fourth-order valence-electron chi connectivity index (χ4n) is 9.12. The van der Waals surface area contributed by atoms with Gasteiger partial charge >= 0.3 is 0 Å². The molecule has 298 valence electrons.